The molecule has 0 spiro atoms. The van der Waals surface area contributed by atoms with Crippen LogP contribution in [0.1, 0.15) is 24.5 Å². The van der Waals surface area contributed by atoms with Crippen LogP contribution >= 0.6 is 0 Å². The van der Waals surface area contributed by atoms with Crippen molar-refractivity contribution in [2.75, 3.05) is 25.0 Å². The fourth-order valence-corrected chi connectivity index (χ4v) is 3.36. The highest BCUT2D eigenvalue weighted by atomic mass is 19.3. The summed E-state index contributed by atoms with van der Waals surface area (Å²) in [7, 11) is 0. The molecule has 2 aromatic rings. The lowest BCUT2D eigenvalue weighted by Gasteiger charge is -2.33. The molecule has 0 saturated carbocycles. The number of benzene rings is 2. The van der Waals surface area contributed by atoms with Crippen LogP contribution in [-0.2, 0) is 0 Å². The monoisotopic (exact) mass is 405 g/mol. The van der Waals surface area contributed by atoms with Crippen LogP contribution in [0.2, 0.25) is 0 Å². The molecule has 0 radical (unpaired) electrons. The number of carbonyl (C=O) groups is 1. The Morgan fingerprint density at radius 3 is 2.38 bits per heavy atom. The van der Waals surface area contributed by atoms with Crippen molar-refractivity contribution in [3.63, 3.8) is 0 Å². The number of hydrogen-bond acceptors (Lipinski definition) is 4. The Labute approximate surface area is 168 Å². The third-order valence-corrected chi connectivity index (χ3v) is 4.88. The highest BCUT2D eigenvalue weighted by Gasteiger charge is 2.23. The van der Waals surface area contributed by atoms with Crippen LogP contribution in [0.4, 0.5) is 19.3 Å². The van der Waals surface area contributed by atoms with Crippen molar-refractivity contribution < 1.29 is 23.4 Å². The summed E-state index contributed by atoms with van der Waals surface area (Å²) in [6, 6.07) is 15.1. The number of nitrogens with one attached hydrogen (secondary N) is 2. The first-order valence-electron chi connectivity index (χ1n) is 9.57. The lowest BCUT2D eigenvalue weighted by atomic mass is 10.0. The zero-order valence-corrected chi connectivity index (χ0v) is 15.9. The second-order valence-electron chi connectivity index (χ2n) is 7.00. The molecule has 2 aromatic carbocycles. The number of piperidine rings is 1. The van der Waals surface area contributed by atoms with Gasteiger partial charge in [0.1, 0.15) is 5.75 Å². The molecule has 0 aliphatic carbocycles. The van der Waals surface area contributed by atoms with Crippen LogP contribution < -0.4 is 15.4 Å². The molecule has 1 aliphatic heterocycles. The highest BCUT2D eigenvalue weighted by Crippen LogP contribution is 2.21. The van der Waals surface area contributed by atoms with E-state index in [-0.39, 0.29) is 17.8 Å². The smallest absolute Gasteiger partial charge is 0.387 e. The maximum atomic E-state index is 12.2. The second-order valence-corrected chi connectivity index (χ2v) is 7.00. The minimum Gasteiger partial charge on any atom is -0.435 e. The van der Waals surface area contributed by atoms with E-state index in [1.54, 1.807) is 12.1 Å². The first-order valence-corrected chi connectivity index (χ1v) is 9.57. The summed E-state index contributed by atoms with van der Waals surface area (Å²) in [6.45, 7) is -0.923. The second kappa shape index (κ2) is 10.2. The number of halogens is 2. The zero-order valence-electron chi connectivity index (χ0n) is 15.9. The van der Waals surface area contributed by atoms with Gasteiger partial charge in [-0.25, -0.2) is 4.79 Å². The number of carbonyl (C=O) groups excluding carboxylic acids is 1. The third kappa shape index (κ3) is 6.69. The number of aliphatic hydroxyl groups excluding tert-OH is 1. The average Bonchev–Trinajstić information content (AvgIpc) is 2.70. The molecule has 3 rings (SSSR count). The van der Waals surface area contributed by atoms with Crippen LogP contribution in [0.25, 0.3) is 0 Å². The molecular weight excluding hydrogens is 380 g/mol. The van der Waals surface area contributed by atoms with E-state index in [4.69, 9.17) is 0 Å². The number of β-amino-alcohol motifs (C(OH)–C–C–N with tert-alkyl or cyclic N) is 1. The molecule has 29 heavy (non-hydrogen) atoms. The number of anilines is 1. The maximum absolute atomic E-state index is 12.2. The molecule has 1 unspecified atom stereocenters. The number of rotatable bonds is 7. The van der Waals surface area contributed by atoms with Crippen molar-refractivity contribution in [1.29, 1.82) is 0 Å². The molecule has 0 aromatic heterocycles. The Morgan fingerprint density at radius 1 is 1.10 bits per heavy atom. The van der Waals surface area contributed by atoms with Crippen LogP contribution in [0.5, 0.6) is 5.75 Å². The Kier molecular flexibility index (Phi) is 7.37. The first-order chi connectivity index (χ1) is 14.0. The van der Waals surface area contributed by atoms with Gasteiger partial charge >= 0.3 is 12.6 Å². The van der Waals surface area contributed by atoms with Gasteiger partial charge in [0.05, 0.1) is 6.10 Å². The van der Waals surface area contributed by atoms with Crippen LogP contribution in [-0.4, -0.2) is 48.3 Å². The summed E-state index contributed by atoms with van der Waals surface area (Å²) in [6.07, 6.45) is 0.855. The first kappa shape index (κ1) is 21.0. The number of likely N-dealkylation sites (tertiary alicyclic amines) is 1. The number of ether oxygens (including phenoxy) is 1. The number of alkyl halides is 2. The predicted octanol–water partition coefficient (Wildman–Crippen LogP) is 3.61. The number of hydrogen-bond donors (Lipinski definition) is 3. The van der Waals surface area contributed by atoms with Crippen molar-refractivity contribution in [3.05, 3.63) is 60.2 Å². The minimum atomic E-state index is -2.87. The molecule has 1 heterocycles. The van der Waals surface area contributed by atoms with Gasteiger partial charge in [0.25, 0.3) is 0 Å². The van der Waals surface area contributed by atoms with Crippen LogP contribution in [0, 0.1) is 0 Å². The van der Waals surface area contributed by atoms with Gasteiger partial charge in [-0.1, -0.05) is 30.3 Å². The number of urea groups is 1. The number of para-hydroxylation sites is 1. The fraction of sp³-hybridized carbons (Fsp3) is 0.381. The van der Waals surface area contributed by atoms with E-state index in [0.29, 0.717) is 12.1 Å². The van der Waals surface area contributed by atoms with E-state index in [1.165, 1.54) is 12.1 Å². The van der Waals surface area contributed by atoms with Crippen LogP contribution in [0.3, 0.4) is 0 Å². The topological polar surface area (TPSA) is 73.8 Å². The molecule has 2 amide bonds. The fourth-order valence-electron chi connectivity index (χ4n) is 3.36. The van der Waals surface area contributed by atoms with Gasteiger partial charge in [0, 0.05) is 31.4 Å². The quantitative estimate of drug-likeness (QED) is 0.658. The van der Waals surface area contributed by atoms with Gasteiger partial charge in [-0.2, -0.15) is 8.78 Å². The largest absolute Gasteiger partial charge is 0.435 e. The summed E-state index contributed by atoms with van der Waals surface area (Å²) in [5.74, 6) is 0.0663. The molecule has 6 nitrogen and oxygen atoms in total. The standard InChI is InChI=1S/C21H25F2N3O3/c22-20(23)29-18-8-6-15(7-9-18)19(27)14-26-12-10-17(11-13-26)25-21(28)24-16-4-2-1-3-5-16/h1-9,17,19-20,27H,10-14H2,(H2,24,25,28). The third-order valence-electron chi connectivity index (χ3n) is 4.88. The van der Waals surface area contributed by atoms with Gasteiger partial charge in [0.2, 0.25) is 0 Å². The van der Waals surface area contributed by atoms with E-state index in [1.807, 2.05) is 30.3 Å². The van der Waals surface area contributed by atoms with Crippen molar-refractivity contribution >= 4 is 11.7 Å². The van der Waals surface area contributed by atoms with Crippen molar-refractivity contribution in [2.45, 2.75) is 31.6 Å². The summed E-state index contributed by atoms with van der Waals surface area (Å²) < 4.78 is 28.7. The molecule has 1 saturated heterocycles. The van der Waals surface area contributed by atoms with Gasteiger partial charge in [-0.15, -0.1) is 0 Å². The number of nitrogens with zero attached hydrogens (tertiary/aromatic N) is 1. The molecule has 3 N–H and O–H groups in total. The number of amides is 2. The normalized spacial score (nSPS) is 16.4. The Balaban J connectivity index is 1.40. The van der Waals surface area contributed by atoms with Crippen molar-refractivity contribution in [1.82, 2.24) is 10.2 Å². The molecular formula is C21H25F2N3O3. The summed E-state index contributed by atoms with van der Waals surface area (Å²) in [4.78, 5) is 14.2. The van der Waals surface area contributed by atoms with E-state index in [0.717, 1.165) is 31.6 Å². The molecule has 1 fully saturated rings. The van der Waals surface area contributed by atoms with E-state index >= 15 is 0 Å². The summed E-state index contributed by atoms with van der Waals surface area (Å²) >= 11 is 0. The van der Waals surface area contributed by atoms with Gasteiger partial charge in [0.15, 0.2) is 0 Å². The molecule has 1 aliphatic rings. The minimum absolute atomic E-state index is 0.0663. The summed E-state index contributed by atoms with van der Waals surface area (Å²) in [5.41, 5.74) is 1.39. The molecule has 156 valence electrons. The Hall–Kier alpha value is -2.71. The maximum Gasteiger partial charge on any atom is 0.387 e. The van der Waals surface area contributed by atoms with Crippen molar-refractivity contribution in [2.24, 2.45) is 0 Å². The molecule has 0 bridgehead atoms. The lowest BCUT2D eigenvalue weighted by molar-refractivity contribution is -0.0498. The zero-order chi connectivity index (χ0) is 20.6. The Morgan fingerprint density at radius 2 is 1.76 bits per heavy atom. The molecule has 8 heteroatoms. The van der Waals surface area contributed by atoms with Crippen LogP contribution in [0.15, 0.2) is 54.6 Å². The Bertz CT molecular complexity index is 767. The highest BCUT2D eigenvalue weighted by molar-refractivity contribution is 5.89. The SMILES string of the molecule is O=C(Nc1ccccc1)NC1CCN(CC(O)c2ccc(OC(F)F)cc2)CC1. The average molecular weight is 405 g/mol. The van der Waals surface area contributed by atoms with Gasteiger partial charge < -0.3 is 25.4 Å². The molecule has 1 atom stereocenters. The predicted molar refractivity (Wildman–Crippen MR) is 106 cm³/mol. The van der Waals surface area contributed by atoms with E-state index in [2.05, 4.69) is 20.3 Å². The van der Waals surface area contributed by atoms with E-state index in [9.17, 15) is 18.7 Å². The summed E-state index contributed by atoms with van der Waals surface area (Å²) in [5, 5.41) is 16.2. The van der Waals surface area contributed by atoms with Crippen molar-refractivity contribution in [3.8, 4) is 5.75 Å². The van der Waals surface area contributed by atoms with E-state index < -0.39 is 12.7 Å². The number of aliphatic hydroxyl groups is 1. The van der Waals surface area contributed by atoms with Gasteiger partial charge in [-0.3, -0.25) is 0 Å². The van der Waals surface area contributed by atoms with Gasteiger partial charge in [-0.05, 0) is 42.7 Å². The lowest BCUT2D eigenvalue weighted by Crippen LogP contribution is -2.46.